The summed E-state index contributed by atoms with van der Waals surface area (Å²) in [5.74, 6) is 0.531. The third-order valence-electron chi connectivity index (χ3n) is 5.18. The Morgan fingerprint density at radius 1 is 1.21 bits per heavy atom. The number of carbonyl (C=O) groups excluding carboxylic acids is 1. The molecule has 1 aromatic carbocycles. The van der Waals surface area contributed by atoms with Gasteiger partial charge in [0.05, 0.1) is 5.56 Å². The minimum Gasteiger partial charge on any atom is -0.491 e. The largest absolute Gasteiger partial charge is 0.491 e. The lowest BCUT2D eigenvalue weighted by Crippen LogP contribution is -2.49. The van der Waals surface area contributed by atoms with Crippen molar-refractivity contribution in [1.29, 1.82) is 0 Å². The monoisotopic (exact) mass is 400 g/mol. The molecule has 1 aliphatic rings. The number of aliphatic hydroxyl groups excluding tert-OH is 2. The Kier molecular flexibility index (Phi) is 7.57. The summed E-state index contributed by atoms with van der Waals surface area (Å²) < 4.78 is 11.2. The van der Waals surface area contributed by atoms with Gasteiger partial charge in [0.15, 0.2) is 0 Å². The van der Waals surface area contributed by atoms with Gasteiger partial charge in [-0.3, -0.25) is 9.78 Å². The summed E-state index contributed by atoms with van der Waals surface area (Å²) in [6.07, 6.45) is 2.52. The number of aromatic nitrogens is 1. The van der Waals surface area contributed by atoms with Gasteiger partial charge in [-0.1, -0.05) is 18.2 Å². The molecule has 0 spiro atoms. The predicted molar refractivity (Wildman–Crippen MR) is 108 cm³/mol. The van der Waals surface area contributed by atoms with E-state index >= 15 is 0 Å². The van der Waals surface area contributed by atoms with Gasteiger partial charge in [-0.05, 0) is 43.0 Å². The molecule has 2 aromatic rings. The Hall–Kier alpha value is -2.48. The fourth-order valence-electron chi connectivity index (χ4n) is 3.48. The Balaban J connectivity index is 1.82. The molecule has 156 valence electrons. The average Bonchev–Trinajstić information content (AvgIpc) is 2.77. The van der Waals surface area contributed by atoms with Crippen LogP contribution in [0, 0.1) is 0 Å². The van der Waals surface area contributed by atoms with Crippen LogP contribution in [0.2, 0.25) is 0 Å². The molecule has 0 aliphatic carbocycles. The minimum atomic E-state index is -1.20. The van der Waals surface area contributed by atoms with Crippen LogP contribution >= 0.6 is 0 Å². The van der Waals surface area contributed by atoms with E-state index in [1.807, 2.05) is 24.3 Å². The number of rotatable bonds is 2. The molecule has 3 rings (SSSR count). The van der Waals surface area contributed by atoms with Gasteiger partial charge in [0.25, 0.3) is 5.91 Å². The van der Waals surface area contributed by atoms with E-state index < -0.39 is 18.3 Å². The second-order valence-electron chi connectivity index (χ2n) is 7.20. The summed E-state index contributed by atoms with van der Waals surface area (Å²) >= 11 is 0. The highest BCUT2D eigenvalue weighted by Gasteiger charge is 2.31. The zero-order chi connectivity index (χ0) is 20.6. The zero-order valence-electron chi connectivity index (χ0n) is 16.6. The lowest BCUT2D eigenvalue weighted by molar-refractivity contribution is -0.0925. The van der Waals surface area contributed by atoms with E-state index in [4.69, 9.17) is 9.47 Å². The van der Waals surface area contributed by atoms with Gasteiger partial charge in [0.2, 0.25) is 0 Å². The van der Waals surface area contributed by atoms with Gasteiger partial charge in [0, 0.05) is 32.6 Å². The number of fused-ring (bicyclic) bond motifs is 1. The molecule has 2 N–H and O–H groups in total. The second-order valence-corrected chi connectivity index (χ2v) is 7.20. The molecule has 0 saturated carbocycles. The fourth-order valence-corrected chi connectivity index (χ4v) is 3.48. The van der Waals surface area contributed by atoms with E-state index in [0.717, 1.165) is 24.8 Å². The first-order valence-electron chi connectivity index (χ1n) is 9.89. The molecule has 29 heavy (non-hydrogen) atoms. The molecule has 1 aliphatic heterocycles. The lowest BCUT2D eigenvalue weighted by Gasteiger charge is -2.31. The maximum atomic E-state index is 13.0. The number of carbonyl (C=O) groups is 1. The summed E-state index contributed by atoms with van der Waals surface area (Å²) in [5.41, 5.74) is 1.53. The molecule has 0 bridgehead atoms. The maximum Gasteiger partial charge on any atom is 0.255 e. The molecule has 0 unspecified atom stereocenters. The van der Waals surface area contributed by atoms with E-state index in [1.54, 1.807) is 23.2 Å². The highest BCUT2D eigenvalue weighted by molar-refractivity contribution is 5.93. The van der Waals surface area contributed by atoms with Gasteiger partial charge >= 0.3 is 0 Å². The van der Waals surface area contributed by atoms with Crippen molar-refractivity contribution < 1.29 is 24.5 Å². The second kappa shape index (κ2) is 10.3. The van der Waals surface area contributed by atoms with E-state index in [1.165, 1.54) is 13.3 Å². The fraction of sp³-hybridized carbons (Fsp3) is 0.455. The quantitative estimate of drug-likeness (QED) is 0.797. The summed E-state index contributed by atoms with van der Waals surface area (Å²) in [6, 6.07) is 11.1. The van der Waals surface area contributed by atoms with Crippen LogP contribution in [0.5, 0.6) is 5.75 Å². The molecular weight excluding hydrogens is 372 g/mol. The maximum absolute atomic E-state index is 13.0. The molecule has 3 atom stereocenters. The average molecular weight is 400 g/mol. The Morgan fingerprint density at radius 2 is 2.03 bits per heavy atom. The number of pyridine rings is 1. The van der Waals surface area contributed by atoms with Crippen molar-refractivity contribution in [3.05, 3.63) is 59.9 Å². The summed E-state index contributed by atoms with van der Waals surface area (Å²) in [5, 5.41) is 21.0. The van der Waals surface area contributed by atoms with Crippen molar-refractivity contribution in [3.8, 4) is 5.75 Å². The SMILES string of the molecule is CO[C@H]1CN(C(=O)c2cccnc2)CCCCc2ccccc2OC[C@@H](O)[C@H]1O. The molecule has 7 nitrogen and oxygen atoms in total. The topological polar surface area (TPSA) is 92.1 Å². The molecule has 0 radical (unpaired) electrons. The first-order valence-corrected chi connectivity index (χ1v) is 9.89. The van der Waals surface area contributed by atoms with Crippen LogP contribution in [0.3, 0.4) is 0 Å². The van der Waals surface area contributed by atoms with E-state index in [2.05, 4.69) is 4.98 Å². The van der Waals surface area contributed by atoms with Gasteiger partial charge in [-0.15, -0.1) is 0 Å². The van der Waals surface area contributed by atoms with Crippen molar-refractivity contribution in [2.75, 3.05) is 26.8 Å². The van der Waals surface area contributed by atoms with Crippen LogP contribution in [-0.4, -0.2) is 71.1 Å². The molecule has 0 fully saturated rings. The van der Waals surface area contributed by atoms with Crippen molar-refractivity contribution in [1.82, 2.24) is 9.88 Å². The highest BCUT2D eigenvalue weighted by Crippen LogP contribution is 2.22. The van der Waals surface area contributed by atoms with Crippen LogP contribution in [-0.2, 0) is 11.2 Å². The van der Waals surface area contributed by atoms with E-state index in [0.29, 0.717) is 17.9 Å². The Morgan fingerprint density at radius 3 is 2.79 bits per heavy atom. The first kappa shape index (κ1) is 21.2. The number of ether oxygens (including phenoxy) is 2. The molecule has 7 heteroatoms. The normalized spacial score (nSPS) is 23.7. The minimum absolute atomic E-state index is 0.0609. The number of methoxy groups -OCH3 is 1. The number of amides is 1. The van der Waals surface area contributed by atoms with Gasteiger partial charge < -0.3 is 24.6 Å². The van der Waals surface area contributed by atoms with Crippen molar-refractivity contribution in [2.24, 2.45) is 0 Å². The van der Waals surface area contributed by atoms with Crippen LogP contribution < -0.4 is 4.74 Å². The Bertz CT molecular complexity index is 786. The van der Waals surface area contributed by atoms with Crippen LogP contribution in [0.25, 0.3) is 0 Å². The number of aryl methyl sites for hydroxylation is 1. The molecule has 1 aromatic heterocycles. The van der Waals surface area contributed by atoms with Crippen LogP contribution in [0.1, 0.15) is 28.8 Å². The van der Waals surface area contributed by atoms with Gasteiger partial charge in [-0.2, -0.15) is 0 Å². The third-order valence-corrected chi connectivity index (χ3v) is 5.18. The summed E-state index contributed by atoms with van der Waals surface area (Å²) in [6.45, 7) is 0.615. The molecular formula is C22H28N2O5. The number of hydrogen-bond acceptors (Lipinski definition) is 6. The standard InChI is InChI=1S/C22H28N2O5/c1-28-20-14-24(22(27)17-9-6-11-23-13-17)12-5-4-8-16-7-2-3-10-19(16)29-15-18(25)21(20)26/h2-3,6-7,9-11,13,18,20-21,25-26H,4-5,8,12,14-15H2,1H3/t18-,20+,21-/m1/s1. The number of aliphatic hydroxyl groups is 2. The first-order chi connectivity index (χ1) is 14.1. The van der Waals surface area contributed by atoms with Gasteiger partial charge in [-0.25, -0.2) is 0 Å². The number of benzene rings is 1. The number of hydrogen-bond donors (Lipinski definition) is 2. The van der Waals surface area contributed by atoms with Crippen molar-refractivity contribution in [2.45, 2.75) is 37.6 Å². The van der Waals surface area contributed by atoms with Gasteiger partial charge in [0.1, 0.15) is 30.7 Å². The van der Waals surface area contributed by atoms with Crippen LogP contribution in [0.15, 0.2) is 48.8 Å². The lowest BCUT2D eigenvalue weighted by atomic mass is 10.1. The van der Waals surface area contributed by atoms with E-state index in [9.17, 15) is 15.0 Å². The highest BCUT2D eigenvalue weighted by atomic mass is 16.5. The third kappa shape index (κ3) is 5.53. The molecule has 0 saturated heterocycles. The molecule has 2 heterocycles. The zero-order valence-corrected chi connectivity index (χ0v) is 16.6. The summed E-state index contributed by atoms with van der Waals surface area (Å²) in [4.78, 5) is 18.7. The van der Waals surface area contributed by atoms with E-state index in [-0.39, 0.29) is 19.1 Å². The Labute approximate surface area is 170 Å². The number of nitrogens with zero attached hydrogens (tertiary/aromatic N) is 2. The van der Waals surface area contributed by atoms with Crippen molar-refractivity contribution >= 4 is 5.91 Å². The summed E-state index contributed by atoms with van der Waals surface area (Å²) in [7, 11) is 1.46. The smallest absolute Gasteiger partial charge is 0.255 e. The van der Waals surface area contributed by atoms with Crippen LogP contribution in [0.4, 0.5) is 0 Å². The molecule has 1 amide bonds. The predicted octanol–water partition coefficient (Wildman–Crippen LogP) is 1.68. The van der Waals surface area contributed by atoms with Crippen molar-refractivity contribution in [3.63, 3.8) is 0 Å². The number of para-hydroxylation sites is 1.